The lowest BCUT2D eigenvalue weighted by Crippen LogP contribution is -2.32. The van der Waals surface area contributed by atoms with Crippen LogP contribution < -0.4 is 10.2 Å². The number of anilines is 2. The molecule has 1 aromatic carbocycles. The fourth-order valence-electron chi connectivity index (χ4n) is 2.57. The fourth-order valence-corrected chi connectivity index (χ4v) is 2.81. The Balaban J connectivity index is 1.63. The van der Waals surface area contributed by atoms with Gasteiger partial charge >= 0.3 is 0 Å². The van der Waals surface area contributed by atoms with Crippen LogP contribution in [-0.2, 0) is 11.5 Å². The lowest BCUT2D eigenvalue weighted by molar-refractivity contribution is -0.113. The minimum Gasteiger partial charge on any atom is -0.351 e. The Hall–Kier alpha value is -2.40. The normalized spacial score (nSPS) is 14.2. The molecule has 1 aromatic heterocycles. The third-order valence-electron chi connectivity index (χ3n) is 3.91. The predicted molar refractivity (Wildman–Crippen MR) is 94.0 cm³/mol. The maximum atomic E-state index is 12.5. The van der Waals surface area contributed by atoms with Crippen LogP contribution in [0.1, 0.15) is 12.0 Å². The molecule has 0 radical (unpaired) electrons. The quantitative estimate of drug-likeness (QED) is 0.911. The van der Waals surface area contributed by atoms with E-state index in [-0.39, 0.29) is 5.91 Å². The molecule has 0 fully saturated rings. The first kappa shape index (κ1) is 16.5. The average Bonchev–Trinajstić information content (AvgIpc) is 2.63. The molecule has 0 bridgehead atoms. The zero-order valence-corrected chi connectivity index (χ0v) is 13.8. The van der Waals surface area contributed by atoms with E-state index >= 15 is 0 Å². The second-order valence-corrected chi connectivity index (χ2v) is 5.93. The second-order valence-electron chi connectivity index (χ2n) is 5.52. The van der Waals surface area contributed by atoms with Crippen molar-refractivity contribution in [1.82, 2.24) is 4.98 Å². The largest absolute Gasteiger partial charge is 0.351 e. The molecule has 0 aliphatic carbocycles. The minimum absolute atomic E-state index is 0.130. The van der Waals surface area contributed by atoms with E-state index in [0.29, 0.717) is 35.8 Å². The second kappa shape index (κ2) is 7.45. The van der Waals surface area contributed by atoms with E-state index in [1.807, 2.05) is 11.0 Å². The number of nitrogens with zero attached hydrogens (tertiary/aromatic N) is 2. The summed E-state index contributed by atoms with van der Waals surface area (Å²) in [4.78, 5) is 18.6. The number of aromatic nitrogens is 1. The van der Waals surface area contributed by atoms with Crippen molar-refractivity contribution in [2.24, 2.45) is 0 Å². The van der Waals surface area contributed by atoms with Crippen LogP contribution in [0, 0.1) is 0 Å². The number of amides is 1. The van der Waals surface area contributed by atoms with Crippen LogP contribution in [-0.4, -0.2) is 24.0 Å². The van der Waals surface area contributed by atoms with E-state index in [1.54, 1.807) is 42.6 Å². The van der Waals surface area contributed by atoms with E-state index in [4.69, 9.17) is 11.6 Å². The summed E-state index contributed by atoms with van der Waals surface area (Å²) in [6.45, 7) is 0.752. The highest BCUT2D eigenvalue weighted by Gasteiger charge is 2.19. The van der Waals surface area contributed by atoms with Gasteiger partial charge in [0.25, 0.3) is 5.91 Å². The molecule has 1 amide bonds. The summed E-state index contributed by atoms with van der Waals surface area (Å²) in [7, 11) is 0. The Morgan fingerprint density at radius 2 is 2.08 bits per heavy atom. The van der Waals surface area contributed by atoms with E-state index in [9.17, 15) is 9.18 Å². The highest BCUT2D eigenvalue weighted by Crippen LogP contribution is 2.25. The molecule has 1 aliphatic rings. The van der Waals surface area contributed by atoms with Gasteiger partial charge in [-0.3, -0.25) is 4.79 Å². The van der Waals surface area contributed by atoms with Gasteiger partial charge < -0.3 is 10.2 Å². The first-order chi connectivity index (χ1) is 11.7. The number of halogens is 2. The highest BCUT2D eigenvalue weighted by molar-refractivity contribution is 6.32. The van der Waals surface area contributed by atoms with Crippen LogP contribution in [0.5, 0.6) is 0 Å². The van der Waals surface area contributed by atoms with E-state index in [2.05, 4.69) is 10.3 Å². The number of pyridine rings is 1. The molecule has 1 aliphatic heterocycles. The van der Waals surface area contributed by atoms with E-state index < -0.39 is 6.67 Å². The van der Waals surface area contributed by atoms with Gasteiger partial charge in [0, 0.05) is 30.5 Å². The van der Waals surface area contributed by atoms with Crippen LogP contribution in [0.2, 0.25) is 5.02 Å². The Kier molecular flexibility index (Phi) is 5.11. The Labute approximate surface area is 145 Å². The molecule has 0 atom stereocenters. The molecule has 0 unspecified atom stereocenters. The van der Waals surface area contributed by atoms with Gasteiger partial charge in [-0.05, 0) is 36.2 Å². The third kappa shape index (κ3) is 3.74. The SMILES string of the molecule is O=C(Nc1ccc(CF)cc1)C1=CCN(c2ncccc2Cl)CC1. The number of nitrogens with one attached hydrogen (secondary N) is 1. The molecule has 124 valence electrons. The summed E-state index contributed by atoms with van der Waals surface area (Å²) >= 11 is 6.16. The molecular weight excluding hydrogens is 329 g/mol. The van der Waals surface area contributed by atoms with Crippen molar-refractivity contribution in [3.63, 3.8) is 0 Å². The van der Waals surface area contributed by atoms with Crippen molar-refractivity contribution in [3.05, 3.63) is 64.8 Å². The van der Waals surface area contributed by atoms with Gasteiger partial charge in [0.1, 0.15) is 12.5 Å². The van der Waals surface area contributed by atoms with Gasteiger partial charge in [0.2, 0.25) is 0 Å². The highest BCUT2D eigenvalue weighted by atomic mass is 35.5. The number of hydrogen-bond acceptors (Lipinski definition) is 3. The van der Waals surface area contributed by atoms with Crippen molar-refractivity contribution in [1.29, 1.82) is 0 Å². The first-order valence-corrected chi connectivity index (χ1v) is 8.06. The van der Waals surface area contributed by atoms with Crippen LogP contribution in [0.25, 0.3) is 0 Å². The van der Waals surface area contributed by atoms with Crippen molar-refractivity contribution in [3.8, 4) is 0 Å². The maximum Gasteiger partial charge on any atom is 0.251 e. The fraction of sp³-hybridized carbons (Fsp3) is 0.222. The summed E-state index contributed by atoms with van der Waals surface area (Å²) in [6.07, 6.45) is 4.20. The zero-order valence-electron chi connectivity index (χ0n) is 13.0. The standard InChI is InChI=1S/C18H17ClFN3O/c19-16-2-1-9-21-17(16)23-10-7-14(8-11-23)18(24)22-15-5-3-13(12-20)4-6-15/h1-7,9H,8,10-12H2,(H,22,24). The Morgan fingerprint density at radius 3 is 2.71 bits per heavy atom. The monoisotopic (exact) mass is 345 g/mol. The van der Waals surface area contributed by atoms with Crippen molar-refractivity contribution < 1.29 is 9.18 Å². The van der Waals surface area contributed by atoms with Gasteiger partial charge in [-0.1, -0.05) is 29.8 Å². The number of hydrogen-bond donors (Lipinski definition) is 1. The average molecular weight is 346 g/mol. The lowest BCUT2D eigenvalue weighted by Gasteiger charge is -2.27. The predicted octanol–water partition coefficient (Wildman–Crippen LogP) is 3.98. The van der Waals surface area contributed by atoms with Gasteiger partial charge in [-0.2, -0.15) is 0 Å². The Bertz CT molecular complexity index is 761. The first-order valence-electron chi connectivity index (χ1n) is 7.68. The van der Waals surface area contributed by atoms with Gasteiger partial charge in [0.05, 0.1) is 5.02 Å². The third-order valence-corrected chi connectivity index (χ3v) is 4.20. The molecular formula is C18H17ClFN3O. The summed E-state index contributed by atoms with van der Waals surface area (Å²) in [5.41, 5.74) is 1.98. The molecule has 4 nitrogen and oxygen atoms in total. The maximum absolute atomic E-state index is 12.5. The van der Waals surface area contributed by atoms with Crippen LogP contribution >= 0.6 is 11.6 Å². The van der Waals surface area contributed by atoms with Gasteiger partial charge in [0.15, 0.2) is 0 Å². The molecule has 2 aromatic rings. The molecule has 2 heterocycles. The summed E-state index contributed by atoms with van der Waals surface area (Å²) in [5, 5.41) is 3.44. The van der Waals surface area contributed by atoms with Crippen molar-refractivity contribution in [2.75, 3.05) is 23.3 Å². The molecule has 3 rings (SSSR count). The number of benzene rings is 1. The molecule has 0 spiro atoms. The topological polar surface area (TPSA) is 45.2 Å². The van der Waals surface area contributed by atoms with Crippen LogP contribution in [0.15, 0.2) is 54.2 Å². The summed E-state index contributed by atoms with van der Waals surface area (Å²) < 4.78 is 12.5. The van der Waals surface area contributed by atoms with Crippen LogP contribution in [0.4, 0.5) is 15.9 Å². The van der Waals surface area contributed by atoms with E-state index in [0.717, 1.165) is 11.4 Å². The molecule has 24 heavy (non-hydrogen) atoms. The smallest absolute Gasteiger partial charge is 0.251 e. The Morgan fingerprint density at radius 1 is 1.29 bits per heavy atom. The zero-order chi connectivity index (χ0) is 16.9. The summed E-state index contributed by atoms with van der Waals surface area (Å²) in [5.74, 6) is 0.603. The van der Waals surface area contributed by atoms with Gasteiger partial charge in [-0.25, -0.2) is 9.37 Å². The number of carbonyl (C=O) groups excluding carboxylic acids is 1. The van der Waals surface area contributed by atoms with Crippen molar-refractivity contribution in [2.45, 2.75) is 13.1 Å². The van der Waals surface area contributed by atoms with Gasteiger partial charge in [-0.15, -0.1) is 0 Å². The minimum atomic E-state index is -0.509. The molecule has 6 heteroatoms. The van der Waals surface area contributed by atoms with E-state index in [1.165, 1.54) is 0 Å². The molecule has 0 saturated heterocycles. The van der Waals surface area contributed by atoms with Crippen molar-refractivity contribution >= 4 is 29.0 Å². The van der Waals surface area contributed by atoms with Crippen LogP contribution in [0.3, 0.4) is 0 Å². The summed E-state index contributed by atoms with van der Waals surface area (Å²) in [6, 6.07) is 10.3. The number of alkyl halides is 1. The molecule has 1 N–H and O–H groups in total. The number of rotatable bonds is 4. The molecule has 0 saturated carbocycles. The lowest BCUT2D eigenvalue weighted by atomic mass is 10.1. The number of carbonyl (C=O) groups is 1.